The number of aromatic nitrogens is 5. The average molecular weight is 377 g/mol. The molecule has 0 unspecified atom stereocenters. The Morgan fingerprint density at radius 2 is 2.00 bits per heavy atom. The number of nitrogens with zero attached hydrogens (tertiary/aromatic N) is 5. The van der Waals surface area contributed by atoms with Crippen molar-refractivity contribution in [3.63, 3.8) is 0 Å². The Morgan fingerprint density at radius 1 is 1.11 bits per heavy atom. The van der Waals surface area contributed by atoms with E-state index >= 15 is 0 Å². The maximum absolute atomic E-state index is 12.3. The van der Waals surface area contributed by atoms with Gasteiger partial charge in [-0.1, -0.05) is 0 Å². The second-order valence-electron chi connectivity index (χ2n) is 6.14. The Morgan fingerprint density at radius 3 is 2.79 bits per heavy atom. The van der Waals surface area contributed by atoms with Gasteiger partial charge in [0.25, 0.3) is 5.56 Å². The number of hydrogen-bond acceptors (Lipinski definition) is 6. The highest BCUT2D eigenvalue weighted by Gasteiger charge is 2.14. The molecule has 0 aliphatic heterocycles. The fourth-order valence-electron chi connectivity index (χ4n) is 3.02. The molecule has 142 valence electrons. The lowest BCUT2D eigenvalue weighted by molar-refractivity contribution is 0.186. The van der Waals surface area contributed by atoms with Gasteiger partial charge in [0.1, 0.15) is 0 Å². The summed E-state index contributed by atoms with van der Waals surface area (Å²) in [6.45, 7) is 0.991. The fraction of sp³-hybridized carbons (Fsp3) is 0.200. The van der Waals surface area contributed by atoms with Gasteiger partial charge in [0, 0.05) is 49.4 Å². The lowest BCUT2D eigenvalue weighted by Gasteiger charge is -2.08. The highest BCUT2D eigenvalue weighted by Crippen LogP contribution is 2.30. The molecule has 0 spiro atoms. The van der Waals surface area contributed by atoms with Crippen LogP contribution in [0.1, 0.15) is 0 Å². The predicted octanol–water partition coefficient (Wildman–Crippen LogP) is 2.28. The molecule has 0 aromatic carbocycles. The Labute approximate surface area is 161 Å². The van der Waals surface area contributed by atoms with E-state index in [1.54, 1.807) is 48.0 Å². The molecule has 0 fully saturated rings. The Kier molecular flexibility index (Phi) is 4.86. The normalized spacial score (nSPS) is 11.1. The van der Waals surface area contributed by atoms with Crippen LogP contribution in [-0.2, 0) is 11.3 Å². The first-order valence-electron chi connectivity index (χ1n) is 8.75. The monoisotopic (exact) mass is 377 g/mol. The van der Waals surface area contributed by atoms with E-state index in [1.165, 1.54) is 0 Å². The first kappa shape index (κ1) is 17.9. The summed E-state index contributed by atoms with van der Waals surface area (Å²) in [6, 6.07) is 9.03. The molecule has 0 atom stereocenters. The summed E-state index contributed by atoms with van der Waals surface area (Å²) in [5, 5.41) is 4.36. The molecular formula is C20H19N5O3. The molecule has 8 nitrogen and oxygen atoms in total. The largest absolute Gasteiger partial charge is 0.481 e. The van der Waals surface area contributed by atoms with Gasteiger partial charge in [-0.05, 0) is 24.3 Å². The van der Waals surface area contributed by atoms with Crippen LogP contribution in [0.2, 0.25) is 0 Å². The van der Waals surface area contributed by atoms with Crippen LogP contribution in [0.5, 0.6) is 5.88 Å². The molecule has 28 heavy (non-hydrogen) atoms. The number of fused-ring (bicyclic) bond motifs is 1. The third kappa shape index (κ3) is 3.25. The number of rotatable bonds is 6. The molecular weight excluding hydrogens is 358 g/mol. The maximum Gasteiger partial charge on any atom is 0.251 e. The van der Waals surface area contributed by atoms with Crippen LogP contribution in [0.25, 0.3) is 28.0 Å². The lowest BCUT2D eigenvalue weighted by Crippen LogP contribution is -2.20. The van der Waals surface area contributed by atoms with Crippen LogP contribution in [0, 0.1) is 0 Å². The molecule has 4 aromatic heterocycles. The summed E-state index contributed by atoms with van der Waals surface area (Å²) in [5.41, 5.74) is 3.60. The van der Waals surface area contributed by atoms with E-state index < -0.39 is 0 Å². The molecule has 4 aromatic rings. The van der Waals surface area contributed by atoms with Crippen LogP contribution in [-0.4, -0.2) is 45.0 Å². The molecule has 0 N–H and O–H groups in total. The molecule has 8 heteroatoms. The number of methoxy groups -OCH3 is 2. The summed E-state index contributed by atoms with van der Waals surface area (Å²) in [5.74, 6) is 0.505. The number of ether oxygens (including phenoxy) is 2. The zero-order valence-electron chi connectivity index (χ0n) is 15.6. The van der Waals surface area contributed by atoms with E-state index in [1.807, 2.05) is 30.5 Å². The van der Waals surface area contributed by atoms with Gasteiger partial charge in [0.05, 0.1) is 31.2 Å². The highest BCUT2D eigenvalue weighted by molar-refractivity contribution is 5.81. The zero-order chi connectivity index (χ0) is 19.5. The van der Waals surface area contributed by atoms with Crippen molar-refractivity contribution < 1.29 is 9.47 Å². The second-order valence-corrected chi connectivity index (χ2v) is 6.14. The average Bonchev–Trinajstić information content (AvgIpc) is 3.16. The first-order valence-corrected chi connectivity index (χ1v) is 8.75. The SMILES string of the molecule is COCCn1ccc(-c2ccn3ncc(-c4cccnc4OC)c3n2)cc1=O. The standard InChI is InChI=1S/C20H19N5O3/c1-27-11-10-24-8-5-14(12-18(24)26)17-6-9-25-19(23-17)16(13-22-25)15-4-3-7-21-20(15)28-2/h3-9,12-13H,10-11H2,1-2H3. The molecule has 0 radical (unpaired) electrons. The van der Waals surface area contributed by atoms with Crippen LogP contribution in [0.3, 0.4) is 0 Å². The minimum atomic E-state index is -0.0983. The minimum Gasteiger partial charge on any atom is -0.481 e. The molecule has 0 saturated heterocycles. The fourth-order valence-corrected chi connectivity index (χ4v) is 3.02. The molecule has 0 aliphatic rings. The van der Waals surface area contributed by atoms with Crippen LogP contribution >= 0.6 is 0 Å². The van der Waals surface area contributed by atoms with E-state index in [4.69, 9.17) is 14.5 Å². The van der Waals surface area contributed by atoms with Crippen LogP contribution < -0.4 is 10.3 Å². The number of pyridine rings is 2. The van der Waals surface area contributed by atoms with Gasteiger partial charge in [-0.15, -0.1) is 0 Å². The van der Waals surface area contributed by atoms with E-state index in [0.717, 1.165) is 16.7 Å². The van der Waals surface area contributed by atoms with Crippen LogP contribution in [0.4, 0.5) is 0 Å². The molecule has 4 heterocycles. The van der Waals surface area contributed by atoms with Gasteiger partial charge < -0.3 is 14.0 Å². The summed E-state index contributed by atoms with van der Waals surface area (Å²) in [4.78, 5) is 21.3. The molecule has 0 saturated carbocycles. The van der Waals surface area contributed by atoms with Crippen molar-refractivity contribution in [3.05, 3.63) is 65.5 Å². The van der Waals surface area contributed by atoms with Gasteiger partial charge in [0.2, 0.25) is 5.88 Å². The van der Waals surface area contributed by atoms with Crippen LogP contribution in [0.15, 0.2) is 59.9 Å². The predicted molar refractivity (Wildman–Crippen MR) is 104 cm³/mol. The van der Waals surface area contributed by atoms with Gasteiger partial charge in [-0.3, -0.25) is 4.79 Å². The van der Waals surface area contributed by atoms with Gasteiger partial charge >= 0.3 is 0 Å². The quantitative estimate of drug-likeness (QED) is 0.513. The van der Waals surface area contributed by atoms with Crippen molar-refractivity contribution in [3.8, 4) is 28.3 Å². The van der Waals surface area contributed by atoms with Crippen molar-refractivity contribution in [1.82, 2.24) is 24.1 Å². The van der Waals surface area contributed by atoms with Gasteiger partial charge in [0.15, 0.2) is 5.65 Å². The van der Waals surface area contributed by atoms with Crippen molar-refractivity contribution in [2.24, 2.45) is 0 Å². The Hall–Kier alpha value is -3.52. The third-order valence-electron chi connectivity index (χ3n) is 4.45. The molecule has 0 bridgehead atoms. The summed E-state index contributed by atoms with van der Waals surface area (Å²) >= 11 is 0. The summed E-state index contributed by atoms with van der Waals surface area (Å²) in [7, 11) is 3.19. The molecule has 4 rings (SSSR count). The van der Waals surface area contributed by atoms with Gasteiger partial charge in [-0.2, -0.15) is 5.10 Å². The maximum atomic E-state index is 12.3. The smallest absolute Gasteiger partial charge is 0.251 e. The van der Waals surface area contributed by atoms with Gasteiger partial charge in [-0.25, -0.2) is 14.5 Å². The summed E-state index contributed by atoms with van der Waals surface area (Å²) < 4.78 is 13.7. The molecule has 0 amide bonds. The van der Waals surface area contributed by atoms with E-state index in [0.29, 0.717) is 30.4 Å². The Bertz CT molecular complexity index is 1180. The van der Waals surface area contributed by atoms with Crippen molar-refractivity contribution >= 4 is 5.65 Å². The van der Waals surface area contributed by atoms with E-state index in [2.05, 4.69) is 10.1 Å². The topological polar surface area (TPSA) is 83.5 Å². The lowest BCUT2D eigenvalue weighted by atomic mass is 10.1. The van der Waals surface area contributed by atoms with Crippen molar-refractivity contribution in [2.75, 3.05) is 20.8 Å². The Balaban J connectivity index is 1.78. The van der Waals surface area contributed by atoms with Crippen molar-refractivity contribution in [2.45, 2.75) is 6.54 Å². The second kappa shape index (κ2) is 7.61. The van der Waals surface area contributed by atoms with Crippen molar-refractivity contribution in [1.29, 1.82) is 0 Å². The van der Waals surface area contributed by atoms with E-state index in [9.17, 15) is 4.79 Å². The first-order chi connectivity index (χ1) is 13.7. The highest BCUT2D eigenvalue weighted by atomic mass is 16.5. The third-order valence-corrected chi connectivity index (χ3v) is 4.45. The molecule has 0 aliphatic carbocycles. The van der Waals surface area contributed by atoms with E-state index in [-0.39, 0.29) is 5.56 Å². The number of hydrogen-bond donors (Lipinski definition) is 0. The minimum absolute atomic E-state index is 0.0983. The summed E-state index contributed by atoms with van der Waals surface area (Å²) in [6.07, 6.45) is 6.98. The zero-order valence-corrected chi connectivity index (χ0v) is 15.6.